The summed E-state index contributed by atoms with van der Waals surface area (Å²) in [4.78, 5) is 24.8. The molecule has 2 aromatic rings. The Morgan fingerprint density at radius 2 is 1.94 bits per heavy atom. The van der Waals surface area contributed by atoms with Gasteiger partial charge in [0.25, 0.3) is 0 Å². The first-order chi connectivity index (χ1) is 7.72. The van der Waals surface area contributed by atoms with Gasteiger partial charge in [0.2, 0.25) is 5.78 Å². The predicted molar refractivity (Wildman–Crippen MR) is 56.0 cm³/mol. The number of H-pyrrole nitrogens is 1. The fourth-order valence-corrected chi connectivity index (χ4v) is 1.40. The van der Waals surface area contributed by atoms with Crippen molar-refractivity contribution in [3.8, 4) is 0 Å². The minimum Gasteiger partial charge on any atom is -0.350 e. The van der Waals surface area contributed by atoms with Gasteiger partial charge in [-0.3, -0.25) is 9.59 Å². The van der Waals surface area contributed by atoms with Crippen LogP contribution < -0.4 is 0 Å². The molecular formula is C12H8FNO2. The van der Waals surface area contributed by atoms with Crippen molar-refractivity contribution in [2.24, 2.45) is 0 Å². The summed E-state index contributed by atoms with van der Waals surface area (Å²) in [6, 6.07) is 8.65. The lowest BCUT2D eigenvalue weighted by molar-refractivity contribution is 0.103. The smallest absolute Gasteiger partial charge is 0.212 e. The molecule has 4 heteroatoms. The van der Waals surface area contributed by atoms with Gasteiger partial charge in [0, 0.05) is 0 Å². The molecule has 0 radical (unpaired) electrons. The maximum absolute atomic E-state index is 13.3. The quantitative estimate of drug-likeness (QED) is 0.632. The molecule has 1 heterocycles. The van der Waals surface area contributed by atoms with Crippen molar-refractivity contribution in [3.63, 3.8) is 0 Å². The van der Waals surface area contributed by atoms with E-state index in [0.29, 0.717) is 12.0 Å². The van der Waals surface area contributed by atoms with E-state index in [9.17, 15) is 14.0 Å². The Kier molecular flexibility index (Phi) is 2.64. The second kappa shape index (κ2) is 4.10. The van der Waals surface area contributed by atoms with Crippen LogP contribution in [0.5, 0.6) is 0 Å². The van der Waals surface area contributed by atoms with Crippen LogP contribution in [0.1, 0.15) is 26.5 Å². The number of halogens is 1. The molecule has 3 nitrogen and oxygen atoms in total. The van der Waals surface area contributed by atoms with Crippen LogP contribution in [0.3, 0.4) is 0 Å². The van der Waals surface area contributed by atoms with Crippen molar-refractivity contribution < 1.29 is 14.0 Å². The summed E-state index contributed by atoms with van der Waals surface area (Å²) in [6.45, 7) is 0. The lowest BCUT2D eigenvalue weighted by Gasteiger charge is -1.99. The van der Waals surface area contributed by atoms with Crippen LogP contribution in [0.25, 0.3) is 0 Å². The highest BCUT2D eigenvalue weighted by atomic mass is 19.1. The maximum Gasteiger partial charge on any atom is 0.212 e. The molecule has 0 amide bonds. The fraction of sp³-hybridized carbons (Fsp3) is 0. The molecule has 0 unspecified atom stereocenters. The molecule has 0 saturated carbocycles. The van der Waals surface area contributed by atoms with Crippen LogP contribution >= 0.6 is 0 Å². The van der Waals surface area contributed by atoms with E-state index in [4.69, 9.17) is 0 Å². The molecule has 0 bridgehead atoms. The average Bonchev–Trinajstić information content (AvgIpc) is 2.77. The number of aromatic nitrogens is 1. The first-order valence-corrected chi connectivity index (χ1v) is 4.66. The topological polar surface area (TPSA) is 49.9 Å². The normalized spacial score (nSPS) is 10.1. The van der Waals surface area contributed by atoms with E-state index in [2.05, 4.69) is 4.98 Å². The minimum atomic E-state index is -0.574. The number of carbonyl (C=O) groups excluding carboxylic acids is 2. The van der Waals surface area contributed by atoms with Crippen molar-refractivity contribution in [2.75, 3.05) is 0 Å². The molecule has 2 rings (SSSR count). The van der Waals surface area contributed by atoms with Gasteiger partial charge in [-0.05, 0) is 24.3 Å². The Morgan fingerprint density at radius 3 is 2.56 bits per heavy atom. The Hall–Kier alpha value is -2.23. The number of nitrogens with one attached hydrogen (secondary N) is 1. The molecule has 0 aliphatic heterocycles. The van der Waals surface area contributed by atoms with E-state index in [-0.39, 0.29) is 11.3 Å². The molecule has 1 aromatic carbocycles. The van der Waals surface area contributed by atoms with Gasteiger partial charge in [-0.2, -0.15) is 0 Å². The summed E-state index contributed by atoms with van der Waals surface area (Å²) in [5.41, 5.74) is 0.480. The SMILES string of the molecule is O=Cc1ccc(C(=O)c2ccccc2F)[nH]1. The Bertz CT molecular complexity index is 545. The number of ketones is 1. The number of aldehydes is 1. The maximum atomic E-state index is 13.3. The first kappa shape index (κ1) is 10.3. The minimum absolute atomic E-state index is 0.0122. The number of carbonyl (C=O) groups is 2. The highest BCUT2D eigenvalue weighted by molar-refractivity contribution is 6.08. The average molecular weight is 217 g/mol. The monoisotopic (exact) mass is 217 g/mol. The Labute approximate surface area is 90.9 Å². The zero-order valence-electron chi connectivity index (χ0n) is 8.24. The standard InChI is InChI=1S/C12H8FNO2/c13-10-4-2-1-3-9(10)12(16)11-6-5-8(7-15)14-11/h1-7,14H. The lowest BCUT2D eigenvalue weighted by atomic mass is 10.1. The summed E-state index contributed by atoms with van der Waals surface area (Å²) in [5.74, 6) is -1.04. The van der Waals surface area contributed by atoms with Crippen LogP contribution in [-0.4, -0.2) is 17.1 Å². The third kappa shape index (κ3) is 1.77. The summed E-state index contributed by atoms with van der Waals surface area (Å²) < 4.78 is 13.3. The van der Waals surface area contributed by atoms with E-state index in [1.807, 2.05) is 0 Å². The number of benzene rings is 1. The molecule has 1 N–H and O–H groups in total. The molecule has 0 fully saturated rings. The number of hydrogen-bond acceptors (Lipinski definition) is 2. The molecule has 0 aliphatic rings. The van der Waals surface area contributed by atoms with E-state index in [0.717, 1.165) is 0 Å². The highest BCUT2D eigenvalue weighted by Gasteiger charge is 2.14. The van der Waals surface area contributed by atoms with Crippen LogP contribution in [0, 0.1) is 5.82 Å². The van der Waals surface area contributed by atoms with Crippen molar-refractivity contribution in [1.82, 2.24) is 4.98 Å². The summed E-state index contributed by atoms with van der Waals surface area (Å²) in [7, 11) is 0. The van der Waals surface area contributed by atoms with Crippen molar-refractivity contribution in [2.45, 2.75) is 0 Å². The number of rotatable bonds is 3. The zero-order chi connectivity index (χ0) is 11.5. The van der Waals surface area contributed by atoms with Gasteiger partial charge in [0.1, 0.15) is 5.82 Å². The van der Waals surface area contributed by atoms with Gasteiger partial charge in [-0.25, -0.2) is 4.39 Å². The molecule has 16 heavy (non-hydrogen) atoms. The first-order valence-electron chi connectivity index (χ1n) is 4.66. The van der Waals surface area contributed by atoms with Gasteiger partial charge in [-0.15, -0.1) is 0 Å². The summed E-state index contributed by atoms with van der Waals surface area (Å²) in [5, 5.41) is 0. The van der Waals surface area contributed by atoms with E-state index in [1.54, 1.807) is 6.07 Å². The van der Waals surface area contributed by atoms with Gasteiger partial charge >= 0.3 is 0 Å². The van der Waals surface area contributed by atoms with Crippen LogP contribution in [0.2, 0.25) is 0 Å². The second-order valence-corrected chi connectivity index (χ2v) is 3.25. The largest absolute Gasteiger partial charge is 0.350 e. The van der Waals surface area contributed by atoms with Crippen LogP contribution in [-0.2, 0) is 0 Å². The summed E-state index contributed by atoms with van der Waals surface area (Å²) >= 11 is 0. The lowest BCUT2D eigenvalue weighted by Crippen LogP contribution is -2.04. The molecule has 0 saturated heterocycles. The zero-order valence-corrected chi connectivity index (χ0v) is 8.24. The number of aromatic amines is 1. The van der Waals surface area contributed by atoms with E-state index in [1.165, 1.54) is 30.3 Å². The molecule has 80 valence electrons. The fourth-order valence-electron chi connectivity index (χ4n) is 1.40. The Balaban J connectivity index is 2.39. The Morgan fingerprint density at radius 1 is 1.19 bits per heavy atom. The molecule has 0 aliphatic carbocycles. The van der Waals surface area contributed by atoms with Gasteiger partial charge in [0.15, 0.2) is 6.29 Å². The molecule has 1 aromatic heterocycles. The third-order valence-electron chi connectivity index (χ3n) is 2.20. The molecule has 0 atom stereocenters. The van der Waals surface area contributed by atoms with Gasteiger partial charge in [0.05, 0.1) is 17.0 Å². The van der Waals surface area contributed by atoms with Crippen molar-refractivity contribution in [1.29, 1.82) is 0 Å². The van der Waals surface area contributed by atoms with E-state index < -0.39 is 11.6 Å². The highest BCUT2D eigenvalue weighted by Crippen LogP contribution is 2.12. The van der Waals surface area contributed by atoms with Crippen molar-refractivity contribution in [3.05, 3.63) is 59.2 Å². The van der Waals surface area contributed by atoms with Gasteiger partial charge in [-0.1, -0.05) is 12.1 Å². The van der Waals surface area contributed by atoms with Crippen LogP contribution in [0.4, 0.5) is 4.39 Å². The predicted octanol–water partition coefficient (Wildman–Crippen LogP) is 2.20. The molecule has 0 spiro atoms. The third-order valence-corrected chi connectivity index (χ3v) is 2.20. The van der Waals surface area contributed by atoms with Gasteiger partial charge < -0.3 is 4.98 Å². The van der Waals surface area contributed by atoms with Crippen molar-refractivity contribution >= 4 is 12.1 Å². The van der Waals surface area contributed by atoms with Crippen LogP contribution in [0.15, 0.2) is 36.4 Å². The summed E-state index contributed by atoms with van der Waals surface area (Å²) in [6.07, 6.45) is 0.595. The molecular weight excluding hydrogens is 209 g/mol. The number of hydrogen-bond donors (Lipinski definition) is 1. The van der Waals surface area contributed by atoms with E-state index >= 15 is 0 Å². The second-order valence-electron chi connectivity index (χ2n) is 3.25.